The van der Waals surface area contributed by atoms with Gasteiger partial charge in [0.05, 0.1) is 6.04 Å². The maximum absolute atomic E-state index is 12.4. The normalized spacial score (nSPS) is 19.6. The van der Waals surface area contributed by atoms with E-state index >= 15 is 0 Å². The largest absolute Gasteiger partial charge is 0.455 e. The maximum atomic E-state index is 12.4. The Balaban J connectivity index is 2.06. The van der Waals surface area contributed by atoms with Crippen LogP contribution in [-0.4, -0.2) is 36.0 Å². The molecule has 1 atom stereocenters. The minimum Gasteiger partial charge on any atom is -0.337 e. The first-order valence-corrected chi connectivity index (χ1v) is 7.82. The smallest absolute Gasteiger partial charge is 0.337 e. The second-order valence-electron chi connectivity index (χ2n) is 4.76. The fraction of sp³-hybridized carbons (Fsp3) is 0.800. The summed E-state index contributed by atoms with van der Waals surface area (Å²) < 4.78 is 69.2. The van der Waals surface area contributed by atoms with Crippen LogP contribution in [0.5, 0.6) is 0 Å². The zero-order valence-electron chi connectivity index (χ0n) is 11.2. The molecule has 1 aromatic rings. The van der Waals surface area contributed by atoms with Crippen LogP contribution in [0.15, 0.2) is 4.52 Å². The highest BCUT2D eigenvalue weighted by atomic mass is 32.2. The van der Waals surface area contributed by atoms with E-state index in [-0.39, 0.29) is 0 Å². The highest BCUT2D eigenvalue weighted by Gasteiger charge is 2.38. The minimum absolute atomic E-state index is 0.389. The quantitative estimate of drug-likeness (QED) is 0.904. The Kier molecular flexibility index (Phi) is 4.54. The summed E-state index contributed by atoms with van der Waals surface area (Å²) in [6.07, 6.45) is -2.25. The Bertz CT molecular complexity index is 581. The molecule has 0 amide bonds. The molecule has 1 unspecified atom stereocenters. The van der Waals surface area contributed by atoms with Gasteiger partial charge >= 0.3 is 6.18 Å². The molecule has 7 nitrogen and oxygen atoms in total. The first kappa shape index (κ1) is 16.2. The van der Waals surface area contributed by atoms with Crippen molar-refractivity contribution in [3.8, 4) is 0 Å². The predicted molar refractivity (Wildman–Crippen MR) is 65.2 cm³/mol. The van der Waals surface area contributed by atoms with Crippen molar-refractivity contribution in [3.63, 3.8) is 0 Å². The summed E-state index contributed by atoms with van der Waals surface area (Å²) in [4.78, 5) is 3.16. The van der Waals surface area contributed by atoms with E-state index in [1.54, 1.807) is 0 Å². The summed E-state index contributed by atoms with van der Waals surface area (Å²) in [7, 11) is -3.78. The van der Waals surface area contributed by atoms with E-state index < -0.39 is 34.1 Å². The van der Waals surface area contributed by atoms with Crippen LogP contribution < -0.4 is 4.72 Å². The first-order chi connectivity index (χ1) is 9.70. The summed E-state index contributed by atoms with van der Waals surface area (Å²) in [5.74, 6) is -1.86. The second-order valence-corrected chi connectivity index (χ2v) is 6.46. The van der Waals surface area contributed by atoms with Crippen molar-refractivity contribution in [1.82, 2.24) is 19.2 Å². The number of piperidine rings is 1. The van der Waals surface area contributed by atoms with Gasteiger partial charge in [0.25, 0.3) is 16.0 Å². The molecule has 0 aliphatic carbocycles. The van der Waals surface area contributed by atoms with Crippen molar-refractivity contribution in [2.24, 2.45) is 0 Å². The van der Waals surface area contributed by atoms with Crippen LogP contribution in [0, 0.1) is 0 Å². The van der Waals surface area contributed by atoms with Gasteiger partial charge in [-0.15, -0.1) is 0 Å². The molecule has 0 spiro atoms. The molecule has 21 heavy (non-hydrogen) atoms. The summed E-state index contributed by atoms with van der Waals surface area (Å²) in [5.41, 5.74) is 0. The second kappa shape index (κ2) is 5.89. The molecule has 0 saturated carbocycles. The molecule has 0 aromatic carbocycles. The van der Waals surface area contributed by atoms with Crippen LogP contribution in [-0.2, 0) is 16.4 Å². The standard InChI is InChI=1S/C10H15F3N4O3S/c1-7(8-14-9(15-20-8)10(11,12)13)16-21(18,19)17-5-3-2-4-6-17/h7,16H,2-6H2,1H3. The van der Waals surface area contributed by atoms with E-state index in [2.05, 4.69) is 19.4 Å². The molecule has 1 N–H and O–H groups in total. The maximum Gasteiger partial charge on any atom is 0.455 e. The highest BCUT2D eigenvalue weighted by molar-refractivity contribution is 7.87. The highest BCUT2D eigenvalue weighted by Crippen LogP contribution is 2.27. The molecular weight excluding hydrogens is 313 g/mol. The van der Waals surface area contributed by atoms with Crippen LogP contribution in [0.1, 0.15) is 43.9 Å². The predicted octanol–water partition coefficient (Wildman–Crippen LogP) is 1.47. The molecule has 0 radical (unpaired) electrons. The van der Waals surface area contributed by atoms with Gasteiger partial charge in [-0.3, -0.25) is 0 Å². The Morgan fingerprint density at radius 3 is 2.43 bits per heavy atom. The first-order valence-electron chi connectivity index (χ1n) is 6.38. The van der Waals surface area contributed by atoms with E-state index in [1.165, 1.54) is 11.2 Å². The summed E-state index contributed by atoms with van der Waals surface area (Å²) in [6.45, 7) is 2.12. The van der Waals surface area contributed by atoms with Gasteiger partial charge in [0.15, 0.2) is 0 Å². The number of rotatable bonds is 4. The molecule has 11 heteroatoms. The fourth-order valence-electron chi connectivity index (χ4n) is 1.98. The van der Waals surface area contributed by atoms with Gasteiger partial charge in [0.2, 0.25) is 5.89 Å². The van der Waals surface area contributed by atoms with Crippen LogP contribution in [0.25, 0.3) is 0 Å². The van der Waals surface area contributed by atoms with Crippen molar-refractivity contribution in [1.29, 1.82) is 0 Å². The number of halogens is 3. The average molecular weight is 328 g/mol. The van der Waals surface area contributed by atoms with Gasteiger partial charge < -0.3 is 4.52 Å². The molecule has 0 bridgehead atoms. The van der Waals surface area contributed by atoms with E-state index in [4.69, 9.17) is 0 Å². The Hall–Kier alpha value is -1.20. The number of nitrogens with zero attached hydrogens (tertiary/aromatic N) is 3. The van der Waals surface area contributed by atoms with Gasteiger partial charge in [-0.1, -0.05) is 11.6 Å². The van der Waals surface area contributed by atoms with Crippen molar-refractivity contribution in [3.05, 3.63) is 11.7 Å². The number of hydrogen-bond donors (Lipinski definition) is 1. The van der Waals surface area contributed by atoms with E-state index in [1.807, 2.05) is 0 Å². The van der Waals surface area contributed by atoms with Gasteiger partial charge in [0, 0.05) is 13.1 Å². The number of alkyl halides is 3. The monoisotopic (exact) mass is 328 g/mol. The lowest BCUT2D eigenvalue weighted by molar-refractivity contribution is -0.146. The number of hydrogen-bond acceptors (Lipinski definition) is 5. The molecule has 1 saturated heterocycles. The summed E-state index contributed by atoms with van der Waals surface area (Å²) >= 11 is 0. The molecular formula is C10H15F3N4O3S. The van der Waals surface area contributed by atoms with Gasteiger partial charge in [-0.05, 0) is 19.8 Å². The van der Waals surface area contributed by atoms with Crippen LogP contribution in [0.3, 0.4) is 0 Å². The topological polar surface area (TPSA) is 88.3 Å². The van der Waals surface area contributed by atoms with E-state index in [0.717, 1.165) is 19.3 Å². The Labute approximate surface area is 119 Å². The fourth-order valence-corrected chi connectivity index (χ4v) is 3.42. The Morgan fingerprint density at radius 1 is 1.29 bits per heavy atom. The molecule has 120 valence electrons. The lowest BCUT2D eigenvalue weighted by Gasteiger charge is -2.26. The SMILES string of the molecule is CC(NS(=O)(=O)N1CCCCC1)c1nc(C(F)(F)F)no1. The molecule has 1 fully saturated rings. The Morgan fingerprint density at radius 2 is 1.90 bits per heavy atom. The zero-order chi connectivity index (χ0) is 15.7. The zero-order valence-corrected chi connectivity index (χ0v) is 12.0. The van der Waals surface area contributed by atoms with E-state index in [9.17, 15) is 21.6 Å². The van der Waals surface area contributed by atoms with Crippen LogP contribution in [0.4, 0.5) is 13.2 Å². The lowest BCUT2D eigenvalue weighted by Crippen LogP contribution is -2.44. The third-order valence-corrected chi connectivity index (χ3v) is 4.74. The third kappa shape index (κ3) is 3.92. The molecule has 2 heterocycles. The number of aromatic nitrogens is 2. The summed E-state index contributed by atoms with van der Waals surface area (Å²) in [6, 6.07) is -1.04. The van der Waals surface area contributed by atoms with Crippen molar-refractivity contribution in [2.45, 2.75) is 38.4 Å². The lowest BCUT2D eigenvalue weighted by atomic mass is 10.2. The molecule has 1 aliphatic heterocycles. The van der Waals surface area contributed by atoms with Crippen molar-refractivity contribution in [2.75, 3.05) is 13.1 Å². The molecule has 1 aliphatic rings. The number of nitrogens with one attached hydrogen (secondary N) is 1. The summed E-state index contributed by atoms with van der Waals surface area (Å²) in [5, 5.41) is 2.79. The van der Waals surface area contributed by atoms with Crippen LogP contribution in [0.2, 0.25) is 0 Å². The molecule has 2 rings (SSSR count). The van der Waals surface area contributed by atoms with E-state index in [0.29, 0.717) is 13.1 Å². The minimum atomic E-state index is -4.73. The van der Waals surface area contributed by atoms with Crippen LogP contribution >= 0.6 is 0 Å². The third-order valence-electron chi connectivity index (χ3n) is 3.05. The van der Waals surface area contributed by atoms with Gasteiger partial charge in [0.1, 0.15) is 0 Å². The van der Waals surface area contributed by atoms with Gasteiger partial charge in [-0.2, -0.15) is 35.6 Å². The van der Waals surface area contributed by atoms with Crippen molar-refractivity contribution >= 4 is 10.2 Å². The van der Waals surface area contributed by atoms with Crippen molar-refractivity contribution < 1.29 is 26.1 Å². The molecule has 1 aromatic heterocycles. The average Bonchev–Trinajstić information content (AvgIpc) is 2.89. The van der Waals surface area contributed by atoms with Gasteiger partial charge in [-0.25, -0.2) is 0 Å².